The highest BCUT2D eigenvalue weighted by atomic mass is 16.5. The lowest BCUT2D eigenvalue weighted by molar-refractivity contribution is -0.124. The Morgan fingerprint density at radius 3 is 2.60 bits per heavy atom. The van der Waals surface area contributed by atoms with Crippen molar-refractivity contribution in [3.05, 3.63) is 42.0 Å². The zero-order valence-electron chi connectivity index (χ0n) is 11.2. The van der Waals surface area contributed by atoms with Gasteiger partial charge in [0.05, 0.1) is 12.7 Å². The largest absolute Gasteiger partial charge is 0.491 e. The maximum absolute atomic E-state index is 10.9. The molecule has 4 N–H and O–H groups in total. The first-order valence-corrected chi connectivity index (χ1v) is 6.22. The molecule has 6 heteroatoms. The SMILES string of the molecule is C[C@@H](/C=C/C(=O)NO)[C@H](O)c1ccc(OCCO)cc1. The van der Waals surface area contributed by atoms with Gasteiger partial charge in [-0.15, -0.1) is 0 Å². The van der Waals surface area contributed by atoms with Crippen LogP contribution >= 0.6 is 0 Å². The summed E-state index contributed by atoms with van der Waals surface area (Å²) in [6.07, 6.45) is 1.89. The fourth-order valence-electron chi connectivity index (χ4n) is 1.61. The van der Waals surface area contributed by atoms with E-state index in [4.69, 9.17) is 15.1 Å². The summed E-state index contributed by atoms with van der Waals surface area (Å²) in [5, 5.41) is 27.1. The van der Waals surface area contributed by atoms with E-state index in [0.29, 0.717) is 11.3 Å². The van der Waals surface area contributed by atoms with Gasteiger partial charge in [-0.25, -0.2) is 5.48 Å². The van der Waals surface area contributed by atoms with Crippen LogP contribution in [0.1, 0.15) is 18.6 Å². The first-order chi connectivity index (χ1) is 9.58. The lowest BCUT2D eigenvalue weighted by atomic mass is 9.97. The summed E-state index contributed by atoms with van der Waals surface area (Å²) < 4.78 is 5.22. The fraction of sp³-hybridized carbons (Fsp3) is 0.357. The second kappa shape index (κ2) is 8.31. The van der Waals surface area contributed by atoms with E-state index in [-0.39, 0.29) is 19.1 Å². The molecule has 0 aliphatic carbocycles. The number of ether oxygens (including phenoxy) is 1. The molecule has 0 bridgehead atoms. The molecule has 110 valence electrons. The predicted molar refractivity (Wildman–Crippen MR) is 72.2 cm³/mol. The molecular weight excluding hydrogens is 262 g/mol. The zero-order valence-corrected chi connectivity index (χ0v) is 11.2. The molecule has 1 rings (SSSR count). The minimum atomic E-state index is -0.773. The molecule has 0 saturated heterocycles. The van der Waals surface area contributed by atoms with Crippen molar-refractivity contribution >= 4 is 5.91 Å². The van der Waals surface area contributed by atoms with E-state index in [1.54, 1.807) is 31.2 Å². The fourth-order valence-corrected chi connectivity index (χ4v) is 1.61. The molecule has 0 aromatic heterocycles. The Balaban J connectivity index is 2.64. The van der Waals surface area contributed by atoms with Gasteiger partial charge in [-0.05, 0) is 17.7 Å². The molecule has 1 amide bonds. The summed E-state index contributed by atoms with van der Waals surface area (Å²) in [7, 11) is 0. The minimum absolute atomic E-state index is 0.0564. The van der Waals surface area contributed by atoms with Crippen LogP contribution in [0.4, 0.5) is 0 Å². The molecule has 0 heterocycles. The Morgan fingerprint density at radius 1 is 1.40 bits per heavy atom. The third-order valence-electron chi connectivity index (χ3n) is 2.74. The molecular formula is C14H19NO5. The Kier molecular flexibility index (Phi) is 6.72. The van der Waals surface area contributed by atoms with Crippen LogP contribution in [0.3, 0.4) is 0 Å². The quantitative estimate of drug-likeness (QED) is 0.336. The maximum atomic E-state index is 10.9. The van der Waals surface area contributed by atoms with Gasteiger partial charge < -0.3 is 14.9 Å². The number of aliphatic hydroxyl groups excluding tert-OH is 2. The number of aliphatic hydroxyl groups is 2. The number of benzene rings is 1. The number of amides is 1. The highest BCUT2D eigenvalue weighted by Gasteiger charge is 2.14. The lowest BCUT2D eigenvalue weighted by Gasteiger charge is -2.16. The second-order valence-corrected chi connectivity index (χ2v) is 4.28. The van der Waals surface area contributed by atoms with Gasteiger partial charge in [-0.2, -0.15) is 0 Å². The molecule has 0 radical (unpaired) electrons. The van der Waals surface area contributed by atoms with Crippen LogP contribution in [0.5, 0.6) is 5.75 Å². The first-order valence-electron chi connectivity index (χ1n) is 6.22. The number of hydrogen-bond donors (Lipinski definition) is 4. The van der Waals surface area contributed by atoms with Crippen molar-refractivity contribution in [3.63, 3.8) is 0 Å². The summed E-state index contributed by atoms with van der Waals surface area (Å²) in [6.45, 7) is 1.92. The van der Waals surface area contributed by atoms with Gasteiger partial charge in [0, 0.05) is 12.0 Å². The Labute approximate surface area is 117 Å². The Hall–Kier alpha value is -1.89. The van der Waals surface area contributed by atoms with Crippen molar-refractivity contribution in [2.75, 3.05) is 13.2 Å². The molecule has 0 fully saturated rings. The highest BCUT2D eigenvalue weighted by Crippen LogP contribution is 2.24. The molecule has 2 atom stereocenters. The smallest absolute Gasteiger partial charge is 0.267 e. The van der Waals surface area contributed by atoms with E-state index in [2.05, 4.69) is 0 Å². The van der Waals surface area contributed by atoms with Crippen molar-refractivity contribution in [2.24, 2.45) is 5.92 Å². The summed E-state index contributed by atoms with van der Waals surface area (Å²) in [5.41, 5.74) is 2.16. The summed E-state index contributed by atoms with van der Waals surface area (Å²) >= 11 is 0. The van der Waals surface area contributed by atoms with Crippen LogP contribution in [-0.4, -0.2) is 34.5 Å². The van der Waals surface area contributed by atoms with E-state index < -0.39 is 12.0 Å². The molecule has 0 saturated carbocycles. The molecule has 0 aliphatic rings. The van der Waals surface area contributed by atoms with Gasteiger partial charge >= 0.3 is 0 Å². The average molecular weight is 281 g/mol. The number of nitrogens with one attached hydrogen (secondary N) is 1. The van der Waals surface area contributed by atoms with Crippen LogP contribution in [0.2, 0.25) is 0 Å². The van der Waals surface area contributed by atoms with Crippen molar-refractivity contribution in [1.82, 2.24) is 5.48 Å². The Bertz CT molecular complexity index is 443. The first kappa shape index (κ1) is 16.2. The maximum Gasteiger partial charge on any atom is 0.267 e. The topological polar surface area (TPSA) is 99.0 Å². The van der Waals surface area contributed by atoms with E-state index in [1.165, 1.54) is 11.6 Å². The molecule has 1 aromatic rings. The van der Waals surface area contributed by atoms with Gasteiger partial charge in [0.1, 0.15) is 12.4 Å². The van der Waals surface area contributed by atoms with Gasteiger partial charge in [-0.3, -0.25) is 10.0 Å². The molecule has 0 spiro atoms. The summed E-state index contributed by atoms with van der Waals surface area (Å²) in [6, 6.07) is 6.83. The number of hydroxylamine groups is 1. The van der Waals surface area contributed by atoms with Crippen molar-refractivity contribution in [1.29, 1.82) is 0 Å². The lowest BCUT2D eigenvalue weighted by Crippen LogP contribution is -2.16. The summed E-state index contributed by atoms with van der Waals surface area (Å²) in [4.78, 5) is 10.9. The second-order valence-electron chi connectivity index (χ2n) is 4.28. The van der Waals surface area contributed by atoms with Gasteiger partial charge in [0.25, 0.3) is 5.91 Å². The molecule has 0 unspecified atom stereocenters. The predicted octanol–water partition coefficient (Wildman–Crippen LogP) is 0.789. The summed E-state index contributed by atoms with van der Waals surface area (Å²) in [5.74, 6) is -0.328. The van der Waals surface area contributed by atoms with Crippen LogP contribution in [-0.2, 0) is 4.79 Å². The number of carbonyl (C=O) groups excluding carboxylic acids is 1. The zero-order chi connectivity index (χ0) is 15.0. The van der Waals surface area contributed by atoms with Crippen LogP contribution in [0.25, 0.3) is 0 Å². The van der Waals surface area contributed by atoms with Crippen molar-refractivity contribution < 1.29 is 25.0 Å². The third-order valence-corrected chi connectivity index (χ3v) is 2.74. The van der Waals surface area contributed by atoms with Gasteiger partial charge in [-0.1, -0.05) is 25.1 Å². The molecule has 20 heavy (non-hydrogen) atoms. The van der Waals surface area contributed by atoms with Crippen LogP contribution < -0.4 is 10.2 Å². The van der Waals surface area contributed by atoms with E-state index in [0.717, 1.165) is 6.08 Å². The minimum Gasteiger partial charge on any atom is -0.491 e. The Morgan fingerprint density at radius 2 is 2.05 bits per heavy atom. The third kappa shape index (κ3) is 5.00. The monoisotopic (exact) mass is 281 g/mol. The van der Waals surface area contributed by atoms with Crippen LogP contribution in [0.15, 0.2) is 36.4 Å². The average Bonchev–Trinajstić information content (AvgIpc) is 2.49. The van der Waals surface area contributed by atoms with Gasteiger partial charge in [0.2, 0.25) is 0 Å². The molecule has 0 aliphatic heterocycles. The standard InChI is InChI=1S/C14H19NO5/c1-10(2-7-13(17)15-19)14(18)11-3-5-12(6-4-11)20-9-8-16/h2-7,10,14,16,18-19H,8-9H2,1H3,(H,15,17)/b7-2+/t10-,14-/m0/s1. The molecule has 1 aromatic carbocycles. The van der Waals surface area contributed by atoms with E-state index in [9.17, 15) is 9.90 Å². The van der Waals surface area contributed by atoms with Crippen LogP contribution in [0, 0.1) is 5.92 Å². The van der Waals surface area contributed by atoms with Gasteiger partial charge in [0.15, 0.2) is 0 Å². The van der Waals surface area contributed by atoms with Crippen molar-refractivity contribution in [2.45, 2.75) is 13.0 Å². The normalized spacial score (nSPS) is 14.0. The van der Waals surface area contributed by atoms with Crippen molar-refractivity contribution in [3.8, 4) is 5.75 Å². The highest BCUT2D eigenvalue weighted by molar-refractivity contribution is 5.86. The molecule has 6 nitrogen and oxygen atoms in total. The van der Waals surface area contributed by atoms with E-state index in [1.807, 2.05) is 0 Å². The van der Waals surface area contributed by atoms with E-state index >= 15 is 0 Å². The number of hydrogen-bond acceptors (Lipinski definition) is 5. The number of rotatable bonds is 7. The number of carbonyl (C=O) groups is 1.